The first-order valence-electron chi connectivity index (χ1n) is 10.1. The molecular formula is C25H26ClN3O. The van der Waals surface area contributed by atoms with Gasteiger partial charge in [-0.15, -0.1) is 0 Å². The van der Waals surface area contributed by atoms with Crippen LogP contribution in [-0.2, 0) is 6.54 Å². The first-order valence-corrected chi connectivity index (χ1v) is 10.5. The SMILES string of the molecule is COc1ccc2c(c1)c(-c1cncc(-c3cccc(Cl)c3)c1)cn2CCCN(C)C. The Bertz CT molecular complexity index is 1170. The molecule has 2 aromatic carbocycles. The third-order valence-electron chi connectivity index (χ3n) is 5.30. The minimum Gasteiger partial charge on any atom is -0.497 e. The smallest absolute Gasteiger partial charge is 0.119 e. The molecule has 0 radical (unpaired) electrons. The highest BCUT2D eigenvalue weighted by Crippen LogP contribution is 2.35. The summed E-state index contributed by atoms with van der Waals surface area (Å²) in [5.74, 6) is 0.855. The van der Waals surface area contributed by atoms with E-state index in [1.165, 1.54) is 10.9 Å². The molecule has 0 saturated heterocycles. The Hall–Kier alpha value is -2.82. The van der Waals surface area contributed by atoms with E-state index >= 15 is 0 Å². The lowest BCUT2D eigenvalue weighted by Gasteiger charge is -2.10. The van der Waals surface area contributed by atoms with Gasteiger partial charge >= 0.3 is 0 Å². The van der Waals surface area contributed by atoms with Crippen LogP contribution < -0.4 is 4.74 Å². The number of hydrogen-bond donors (Lipinski definition) is 0. The van der Waals surface area contributed by atoms with Gasteiger partial charge in [0.1, 0.15) is 5.75 Å². The van der Waals surface area contributed by atoms with Crippen molar-refractivity contribution in [2.24, 2.45) is 0 Å². The molecule has 0 aliphatic heterocycles. The summed E-state index contributed by atoms with van der Waals surface area (Å²) in [5, 5.41) is 1.89. The van der Waals surface area contributed by atoms with Crippen LogP contribution in [0.3, 0.4) is 0 Å². The van der Waals surface area contributed by atoms with Crippen molar-refractivity contribution in [1.29, 1.82) is 0 Å². The molecule has 0 spiro atoms. The number of pyridine rings is 1. The van der Waals surface area contributed by atoms with Gasteiger partial charge < -0.3 is 14.2 Å². The second kappa shape index (κ2) is 8.90. The Kier molecular flexibility index (Phi) is 6.07. The number of halogens is 1. The van der Waals surface area contributed by atoms with Crippen LogP contribution in [0.4, 0.5) is 0 Å². The predicted molar refractivity (Wildman–Crippen MR) is 125 cm³/mol. The number of nitrogens with zero attached hydrogens (tertiary/aromatic N) is 3. The van der Waals surface area contributed by atoms with Crippen molar-refractivity contribution in [3.05, 3.63) is 72.1 Å². The molecule has 2 aromatic heterocycles. The lowest BCUT2D eigenvalue weighted by atomic mass is 10.0. The third kappa shape index (κ3) is 4.35. The topological polar surface area (TPSA) is 30.3 Å². The zero-order chi connectivity index (χ0) is 21.1. The quantitative estimate of drug-likeness (QED) is 0.369. The summed E-state index contributed by atoms with van der Waals surface area (Å²) in [6.07, 6.45) is 7.13. The Labute approximate surface area is 182 Å². The highest BCUT2D eigenvalue weighted by Gasteiger charge is 2.13. The van der Waals surface area contributed by atoms with E-state index in [1.54, 1.807) is 7.11 Å². The summed E-state index contributed by atoms with van der Waals surface area (Å²) < 4.78 is 7.83. The zero-order valence-electron chi connectivity index (χ0n) is 17.6. The molecule has 4 aromatic rings. The van der Waals surface area contributed by atoms with E-state index in [2.05, 4.69) is 59.0 Å². The molecular weight excluding hydrogens is 394 g/mol. The van der Waals surface area contributed by atoms with Crippen LogP contribution in [0.25, 0.3) is 33.2 Å². The molecule has 0 fully saturated rings. The molecule has 0 aliphatic rings. The van der Waals surface area contributed by atoms with Gasteiger partial charge in [0.05, 0.1) is 7.11 Å². The van der Waals surface area contributed by atoms with Gasteiger partial charge in [0.2, 0.25) is 0 Å². The van der Waals surface area contributed by atoms with Gasteiger partial charge in [0.15, 0.2) is 0 Å². The summed E-state index contributed by atoms with van der Waals surface area (Å²) in [5.41, 5.74) is 5.55. The van der Waals surface area contributed by atoms with Crippen LogP contribution in [0.15, 0.2) is 67.1 Å². The minimum absolute atomic E-state index is 0.722. The number of rotatable bonds is 7. The Morgan fingerprint density at radius 3 is 2.60 bits per heavy atom. The molecule has 0 atom stereocenters. The van der Waals surface area contributed by atoms with Gasteiger partial charge in [0.25, 0.3) is 0 Å². The third-order valence-corrected chi connectivity index (χ3v) is 5.53. The molecule has 4 rings (SSSR count). The first kappa shape index (κ1) is 20.5. The lowest BCUT2D eigenvalue weighted by molar-refractivity contribution is 0.388. The largest absolute Gasteiger partial charge is 0.497 e. The number of aromatic nitrogens is 2. The molecule has 4 nitrogen and oxygen atoms in total. The van der Waals surface area contributed by atoms with Gasteiger partial charge in [-0.25, -0.2) is 0 Å². The molecule has 30 heavy (non-hydrogen) atoms. The van der Waals surface area contributed by atoms with Gasteiger partial charge in [-0.1, -0.05) is 23.7 Å². The maximum absolute atomic E-state index is 6.20. The Morgan fingerprint density at radius 2 is 1.83 bits per heavy atom. The normalized spacial score (nSPS) is 11.4. The van der Waals surface area contributed by atoms with Gasteiger partial charge in [-0.05, 0) is 69.0 Å². The van der Waals surface area contributed by atoms with Crippen LogP contribution in [0.2, 0.25) is 5.02 Å². The fourth-order valence-electron chi connectivity index (χ4n) is 3.79. The molecule has 0 saturated carbocycles. The standard InChI is InChI=1S/C25H26ClN3O/c1-28(2)10-5-11-29-17-24(23-14-22(30-3)8-9-25(23)29)20-12-19(15-27-16-20)18-6-4-7-21(26)13-18/h4,6-9,12-17H,5,10-11H2,1-3H3. The van der Waals surface area contributed by atoms with E-state index in [9.17, 15) is 0 Å². The van der Waals surface area contributed by atoms with Crippen molar-refractivity contribution in [2.75, 3.05) is 27.7 Å². The number of aryl methyl sites for hydroxylation is 1. The van der Waals surface area contributed by atoms with E-state index in [0.717, 1.165) is 52.5 Å². The highest BCUT2D eigenvalue weighted by molar-refractivity contribution is 6.30. The van der Waals surface area contributed by atoms with Gasteiger partial charge in [0, 0.05) is 57.8 Å². The molecule has 0 unspecified atom stereocenters. The average molecular weight is 420 g/mol. The lowest BCUT2D eigenvalue weighted by Crippen LogP contribution is -2.14. The molecule has 0 aliphatic carbocycles. The number of fused-ring (bicyclic) bond motifs is 1. The van der Waals surface area contributed by atoms with Crippen LogP contribution in [0.5, 0.6) is 5.75 Å². The first-order chi connectivity index (χ1) is 14.5. The van der Waals surface area contributed by atoms with Gasteiger partial charge in [-0.3, -0.25) is 4.98 Å². The number of ether oxygens (including phenoxy) is 1. The predicted octanol–water partition coefficient (Wildman–Crippen LogP) is 5.98. The second-order valence-electron chi connectivity index (χ2n) is 7.75. The summed E-state index contributed by atoms with van der Waals surface area (Å²) in [7, 11) is 5.92. The Balaban J connectivity index is 1.78. The Morgan fingerprint density at radius 1 is 1.00 bits per heavy atom. The molecule has 0 amide bonds. The maximum atomic E-state index is 6.20. The molecule has 0 bridgehead atoms. The number of hydrogen-bond acceptors (Lipinski definition) is 3. The number of benzene rings is 2. The number of methoxy groups -OCH3 is 1. The summed E-state index contributed by atoms with van der Waals surface area (Å²) in [6, 6.07) is 16.3. The maximum Gasteiger partial charge on any atom is 0.119 e. The van der Waals surface area contributed by atoms with E-state index in [-0.39, 0.29) is 0 Å². The summed E-state index contributed by atoms with van der Waals surface area (Å²) >= 11 is 6.20. The fraction of sp³-hybridized carbons (Fsp3) is 0.240. The van der Waals surface area contributed by atoms with E-state index in [0.29, 0.717) is 0 Å². The van der Waals surface area contributed by atoms with Gasteiger partial charge in [-0.2, -0.15) is 0 Å². The van der Waals surface area contributed by atoms with E-state index in [1.807, 2.05) is 36.7 Å². The molecule has 154 valence electrons. The highest BCUT2D eigenvalue weighted by atomic mass is 35.5. The van der Waals surface area contributed by atoms with Crippen molar-refractivity contribution < 1.29 is 4.74 Å². The minimum atomic E-state index is 0.722. The van der Waals surface area contributed by atoms with Crippen molar-refractivity contribution in [1.82, 2.24) is 14.5 Å². The zero-order valence-corrected chi connectivity index (χ0v) is 18.4. The van der Waals surface area contributed by atoms with Crippen molar-refractivity contribution in [3.63, 3.8) is 0 Å². The monoisotopic (exact) mass is 419 g/mol. The average Bonchev–Trinajstić information content (AvgIpc) is 3.11. The van der Waals surface area contributed by atoms with E-state index < -0.39 is 0 Å². The molecule has 0 N–H and O–H groups in total. The summed E-state index contributed by atoms with van der Waals surface area (Å²) in [6.45, 7) is 2.01. The summed E-state index contributed by atoms with van der Waals surface area (Å²) in [4.78, 5) is 6.74. The van der Waals surface area contributed by atoms with Crippen LogP contribution in [0.1, 0.15) is 6.42 Å². The molecule has 5 heteroatoms. The molecule has 2 heterocycles. The van der Waals surface area contributed by atoms with Crippen molar-refractivity contribution >= 4 is 22.5 Å². The van der Waals surface area contributed by atoms with Crippen LogP contribution in [-0.4, -0.2) is 42.2 Å². The van der Waals surface area contributed by atoms with E-state index in [4.69, 9.17) is 16.3 Å². The van der Waals surface area contributed by atoms with Crippen molar-refractivity contribution in [2.45, 2.75) is 13.0 Å². The van der Waals surface area contributed by atoms with Crippen LogP contribution in [0, 0.1) is 0 Å². The fourth-order valence-corrected chi connectivity index (χ4v) is 3.98. The van der Waals surface area contributed by atoms with Crippen LogP contribution >= 0.6 is 11.6 Å². The van der Waals surface area contributed by atoms with Crippen molar-refractivity contribution in [3.8, 4) is 28.0 Å². The second-order valence-corrected chi connectivity index (χ2v) is 8.19.